The second-order valence-electron chi connectivity index (χ2n) is 6.91. The summed E-state index contributed by atoms with van der Waals surface area (Å²) in [6.45, 7) is 5.04. The molecule has 2 aromatic carbocycles. The van der Waals surface area contributed by atoms with Crippen LogP contribution in [0.3, 0.4) is 0 Å². The first-order valence-electron chi connectivity index (χ1n) is 9.00. The fourth-order valence-corrected chi connectivity index (χ4v) is 3.24. The molecule has 0 aliphatic carbocycles. The van der Waals surface area contributed by atoms with Crippen LogP contribution in [-0.4, -0.2) is 31.6 Å². The average molecular weight is 370 g/mol. The molecule has 0 bridgehead atoms. The minimum atomic E-state index is -0.383. The smallest absolute Gasteiger partial charge is 0.253 e. The van der Waals surface area contributed by atoms with Crippen LogP contribution >= 0.6 is 0 Å². The van der Waals surface area contributed by atoms with Crippen LogP contribution in [0.1, 0.15) is 25.3 Å². The summed E-state index contributed by atoms with van der Waals surface area (Å²) >= 11 is 0. The van der Waals surface area contributed by atoms with Gasteiger partial charge in [-0.05, 0) is 47.9 Å². The minimum Gasteiger partial charge on any atom is -0.370 e. The van der Waals surface area contributed by atoms with Crippen molar-refractivity contribution >= 4 is 23.2 Å². The number of amides is 2. The predicted octanol–water partition coefficient (Wildman–Crippen LogP) is 3.57. The summed E-state index contributed by atoms with van der Waals surface area (Å²) < 4.78 is 18.3. The Labute approximate surface area is 158 Å². The van der Waals surface area contributed by atoms with Crippen molar-refractivity contribution in [2.75, 3.05) is 30.0 Å². The van der Waals surface area contributed by atoms with Gasteiger partial charge in [0.25, 0.3) is 5.91 Å². The van der Waals surface area contributed by atoms with Crippen LogP contribution in [0.4, 0.5) is 15.8 Å². The van der Waals surface area contributed by atoms with Gasteiger partial charge in [-0.25, -0.2) is 4.39 Å². The first kappa shape index (κ1) is 19.0. The molecular weight excluding hydrogens is 347 g/mol. The van der Waals surface area contributed by atoms with E-state index in [9.17, 15) is 14.0 Å². The van der Waals surface area contributed by atoms with Gasteiger partial charge >= 0.3 is 0 Å². The maximum absolute atomic E-state index is 13.2. The number of halogens is 1. The highest BCUT2D eigenvalue weighted by Crippen LogP contribution is 2.27. The summed E-state index contributed by atoms with van der Waals surface area (Å²) in [5.74, 6) is -0.872. The lowest BCUT2D eigenvalue weighted by Gasteiger charge is -2.27. The number of carbonyl (C=O) groups excluding carboxylic acids is 2. The molecule has 2 aromatic rings. The molecule has 1 aliphatic heterocycles. The van der Waals surface area contributed by atoms with E-state index in [1.54, 1.807) is 41.3 Å². The van der Waals surface area contributed by atoms with Crippen LogP contribution in [0.15, 0.2) is 48.5 Å². The van der Waals surface area contributed by atoms with Crippen LogP contribution in [-0.2, 0) is 14.3 Å². The van der Waals surface area contributed by atoms with Crippen molar-refractivity contribution in [2.45, 2.75) is 19.8 Å². The van der Waals surface area contributed by atoms with Crippen molar-refractivity contribution in [3.63, 3.8) is 0 Å². The molecule has 0 spiro atoms. The maximum Gasteiger partial charge on any atom is 0.253 e. The lowest BCUT2D eigenvalue weighted by molar-refractivity contribution is -0.125. The standard InChI is InChI=1S/C21H23FN2O3/c1-14(2)20(15-3-5-16(22)6-4-15)21(26)23-17-7-9-18(10-8-17)24-11-12-27-13-19(24)25/h3-10,14,20H,11-13H2,1-2H3,(H,23,26). The van der Waals surface area contributed by atoms with E-state index in [4.69, 9.17) is 4.74 Å². The number of nitrogens with one attached hydrogen (secondary N) is 1. The Bertz CT molecular complexity index is 803. The summed E-state index contributed by atoms with van der Waals surface area (Å²) in [5.41, 5.74) is 2.21. The van der Waals surface area contributed by atoms with Gasteiger partial charge in [-0.1, -0.05) is 26.0 Å². The molecule has 1 heterocycles. The Morgan fingerprint density at radius 3 is 2.37 bits per heavy atom. The zero-order chi connectivity index (χ0) is 19.4. The molecule has 0 saturated carbocycles. The van der Waals surface area contributed by atoms with Crippen molar-refractivity contribution in [2.24, 2.45) is 5.92 Å². The molecule has 0 radical (unpaired) electrons. The molecule has 1 unspecified atom stereocenters. The largest absolute Gasteiger partial charge is 0.370 e. The molecule has 6 heteroatoms. The van der Waals surface area contributed by atoms with Crippen LogP contribution in [0, 0.1) is 11.7 Å². The molecule has 27 heavy (non-hydrogen) atoms. The SMILES string of the molecule is CC(C)C(C(=O)Nc1ccc(N2CCOCC2=O)cc1)c1ccc(F)cc1. The van der Waals surface area contributed by atoms with E-state index < -0.39 is 0 Å². The van der Waals surface area contributed by atoms with E-state index in [0.29, 0.717) is 18.8 Å². The third kappa shape index (κ3) is 4.52. The van der Waals surface area contributed by atoms with Crippen LogP contribution < -0.4 is 10.2 Å². The van der Waals surface area contributed by atoms with Crippen molar-refractivity contribution in [1.29, 1.82) is 0 Å². The lowest BCUT2D eigenvalue weighted by atomic mass is 9.87. The predicted molar refractivity (Wildman–Crippen MR) is 102 cm³/mol. The van der Waals surface area contributed by atoms with E-state index in [0.717, 1.165) is 11.3 Å². The maximum atomic E-state index is 13.2. The summed E-state index contributed by atoms with van der Waals surface area (Å²) in [4.78, 5) is 26.4. The van der Waals surface area contributed by atoms with Crippen molar-refractivity contribution in [3.8, 4) is 0 Å². The van der Waals surface area contributed by atoms with Gasteiger partial charge in [0.05, 0.1) is 12.5 Å². The second-order valence-corrected chi connectivity index (χ2v) is 6.91. The molecule has 5 nitrogen and oxygen atoms in total. The molecule has 1 N–H and O–H groups in total. The minimum absolute atomic E-state index is 0.0562. The molecule has 1 atom stereocenters. The molecule has 1 aliphatic rings. The number of anilines is 2. The van der Waals surface area contributed by atoms with E-state index in [2.05, 4.69) is 5.32 Å². The Kier molecular flexibility index (Phi) is 5.86. The number of rotatable bonds is 5. The molecular formula is C21H23FN2O3. The molecule has 2 amide bonds. The third-order valence-electron chi connectivity index (χ3n) is 4.61. The Balaban J connectivity index is 1.72. The highest BCUT2D eigenvalue weighted by Gasteiger charge is 2.25. The number of hydrogen-bond acceptors (Lipinski definition) is 3. The summed E-state index contributed by atoms with van der Waals surface area (Å²) in [5, 5.41) is 2.92. The van der Waals surface area contributed by atoms with Gasteiger partial charge < -0.3 is 15.0 Å². The van der Waals surface area contributed by atoms with Crippen molar-refractivity contribution < 1.29 is 18.7 Å². The van der Waals surface area contributed by atoms with Gasteiger partial charge in [-0.15, -0.1) is 0 Å². The number of benzene rings is 2. The molecule has 0 aromatic heterocycles. The highest BCUT2D eigenvalue weighted by molar-refractivity contribution is 5.97. The van der Waals surface area contributed by atoms with Gasteiger partial charge in [0, 0.05) is 17.9 Å². The van der Waals surface area contributed by atoms with Gasteiger partial charge in [-0.3, -0.25) is 9.59 Å². The Morgan fingerprint density at radius 1 is 1.11 bits per heavy atom. The summed E-state index contributed by atoms with van der Waals surface area (Å²) in [6.07, 6.45) is 0. The van der Waals surface area contributed by atoms with Gasteiger partial charge in [0.2, 0.25) is 5.91 Å². The lowest BCUT2D eigenvalue weighted by Crippen LogP contribution is -2.41. The van der Waals surface area contributed by atoms with Crippen LogP contribution in [0.25, 0.3) is 0 Å². The molecule has 1 saturated heterocycles. The molecule has 142 valence electrons. The van der Waals surface area contributed by atoms with E-state index >= 15 is 0 Å². The van der Waals surface area contributed by atoms with E-state index in [1.807, 2.05) is 13.8 Å². The Morgan fingerprint density at radius 2 is 1.78 bits per heavy atom. The monoisotopic (exact) mass is 370 g/mol. The van der Waals surface area contributed by atoms with Crippen LogP contribution in [0.2, 0.25) is 0 Å². The Hall–Kier alpha value is -2.73. The summed E-state index contributed by atoms with van der Waals surface area (Å²) in [7, 11) is 0. The van der Waals surface area contributed by atoms with Gasteiger partial charge in [-0.2, -0.15) is 0 Å². The van der Waals surface area contributed by atoms with E-state index in [-0.39, 0.29) is 36.1 Å². The average Bonchev–Trinajstić information content (AvgIpc) is 2.64. The topological polar surface area (TPSA) is 58.6 Å². The zero-order valence-corrected chi connectivity index (χ0v) is 15.4. The normalized spacial score (nSPS) is 15.7. The fraction of sp³-hybridized carbons (Fsp3) is 0.333. The van der Waals surface area contributed by atoms with Gasteiger partial charge in [0.15, 0.2) is 0 Å². The second kappa shape index (κ2) is 8.31. The number of carbonyl (C=O) groups is 2. The zero-order valence-electron chi connectivity index (χ0n) is 15.4. The quantitative estimate of drug-likeness (QED) is 0.875. The highest BCUT2D eigenvalue weighted by atomic mass is 19.1. The summed E-state index contributed by atoms with van der Waals surface area (Å²) in [6, 6.07) is 13.2. The first-order chi connectivity index (χ1) is 13.0. The first-order valence-corrected chi connectivity index (χ1v) is 9.00. The van der Waals surface area contributed by atoms with Crippen molar-refractivity contribution in [3.05, 3.63) is 59.9 Å². The van der Waals surface area contributed by atoms with E-state index in [1.165, 1.54) is 12.1 Å². The number of nitrogens with zero attached hydrogens (tertiary/aromatic N) is 1. The van der Waals surface area contributed by atoms with Gasteiger partial charge in [0.1, 0.15) is 12.4 Å². The fourth-order valence-electron chi connectivity index (χ4n) is 3.24. The number of ether oxygens (including phenoxy) is 1. The van der Waals surface area contributed by atoms with Crippen molar-refractivity contribution in [1.82, 2.24) is 0 Å². The molecule has 1 fully saturated rings. The number of hydrogen-bond donors (Lipinski definition) is 1. The third-order valence-corrected chi connectivity index (χ3v) is 4.61. The molecule has 3 rings (SSSR count). The number of morpholine rings is 1. The van der Waals surface area contributed by atoms with Crippen LogP contribution in [0.5, 0.6) is 0 Å².